The second-order valence-corrected chi connectivity index (χ2v) is 5.18. The van der Waals surface area contributed by atoms with Crippen molar-refractivity contribution in [1.29, 1.82) is 0 Å². The topological polar surface area (TPSA) is 29.5 Å². The van der Waals surface area contributed by atoms with Crippen LogP contribution in [0.15, 0.2) is 42.5 Å². The van der Waals surface area contributed by atoms with Crippen molar-refractivity contribution in [1.82, 2.24) is 0 Å². The van der Waals surface area contributed by atoms with Crippen LogP contribution in [0, 0.1) is 11.8 Å². The summed E-state index contributed by atoms with van der Waals surface area (Å²) in [7, 11) is 0. The van der Waals surface area contributed by atoms with Crippen LogP contribution in [0.5, 0.6) is 5.75 Å². The van der Waals surface area contributed by atoms with E-state index in [4.69, 9.17) is 33.0 Å². The van der Waals surface area contributed by atoms with Crippen molar-refractivity contribution in [3.63, 3.8) is 0 Å². The first-order valence-corrected chi connectivity index (χ1v) is 7.21. The summed E-state index contributed by atoms with van der Waals surface area (Å²) in [5.74, 6) is 6.48. The Kier molecular flexibility index (Phi) is 5.95. The van der Waals surface area contributed by atoms with Gasteiger partial charge in [0.15, 0.2) is 0 Å². The molecule has 0 spiro atoms. The summed E-state index contributed by atoms with van der Waals surface area (Å²) in [6, 6.07) is 12.9. The smallest absolute Gasteiger partial charge is 0.138 e. The van der Waals surface area contributed by atoms with Crippen LogP contribution in [0.2, 0.25) is 10.0 Å². The summed E-state index contributed by atoms with van der Waals surface area (Å²) < 4.78 is 5.68. The summed E-state index contributed by atoms with van der Waals surface area (Å²) in [6.45, 7) is 0.474. The summed E-state index contributed by atoms with van der Waals surface area (Å²) in [5.41, 5.74) is 1.89. The van der Waals surface area contributed by atoms with Gasteiger partial charge in [0.25, 0.3) is 0 Å². The molecule has 2 aromatic rings. The number of hydrogen-bond acceptors (Lipinski definition) is 2. The van der Waals surface area contributed by atoms with Gasteiger partial charge in [-0.05, 0) is 35.9 Å². The highest BCUT2D eigenvalue weighted by atomic mass is 35.5. The first-order chi connectivity index (χ1) is 10.2. The van der Waals surface area contributed by atoms with Crippen molar-refractivity contribution < 1.29 is 9.84 Å². The zero-order chi connectivity index (χ0) is 15.1. The fraction of sp³-hybridized carbons (Fsp3) is 0.176. The Hall–Kier alpha value is -1.66. The van der Waals surface area contributed by atoms with E-state index < -0.39 is 0 Å². The Morgan fingerprint density at radius 1 is 1.10 bits per heavy atom. The Labute approximate surface area is 134 Å². The predicted octanol–water partition coefficient (Wildman–Crippen LogP) is 4.31. The zero-order valence-corrected chi connectivity index (χ0v) is 12.8. The van der Waals surface area contributed by atoms with Crippen LogP contribution >= 0.6 is 23.2 Å². The molecule has 21 heavy (non-hydrogen) atoms. The Balaban J connectivity index is 2.03. The molecule has 0 bridgehead atoms. The Morgan fingerprint density at radius 3 is 2.71 bits per heavy atom. The van der Waals surface area contributed by atoms with Crippen LogP contribution in [0.1, 0.15) is 17.5 Å². The molecule has 0 fully saturated rings. The summed E-state index contributed by atoms with van der Waals surface area (Å²) >= 11 is 11.9. The van der Waals surface area contributed by atoms with E-state index in [1.165, 1.54) is 0 Å². The number of halogens is 2. The minimum absolute atomic E-state index is 0.0743. The quantitative estimate of drug-likeness (QED) is 0.851. The molecule has 2 rings (SSSR count). The second-order valence-electron chi connectivity index (χ2n) is 4.34. The van der Waals surface area contributed by atoms with E-state index in [9.17, 15) is 0 Å². The van der Waals surface area contributed by atoms with Crippen LogP contribution < -0.4 is 4.74 Å². The molecule has 0 aromatic heterocycles. The number of aliphatic hydroxyl groups is 1. The van der Waals surface area contributed by atoms with Gasteiger partial charge in [-0.25, -0.2) is 0 Å². The van der Waals surface area contributed by atoms with Gasteiger partial charge < -0.3 is 9.84 Å². The molecule has 0 atom stereocenters. The molecule has 4 heteroatoms. The fourth-order valence-electron chi connectivity index (χ4n) is 1.71. The molecule has 0 aliphatic carbocycles. The third-order valence-corrected chi connectivity index (χ3v) is 3.22. The lowest BCUT2D eigenvalue weighted by Crippen LogP contribution is -1.96. The first-order valence-electron chi connectivity index (χ1n) is 6.45. The molecule has 108 valence electrons. The third-order valence-electron chi connectivity index (χ3n) is 2.68. The lowest BCUT2D eigenvalue weighted by molar-refractivity contribution is 0.305. The number of ether oxygens (including phenoxy) is 1. The van der Waals surface area contributed by atoms with Crippen LogP contribution in [-0.4, -0.2) is 11.7 Å². The molecule has 2 nitrogen and oxygen atoms in total. The highest BCUT2D eigenvalue weighted by molar-refractivity contribution is 6.35. The molecule has 2 aromatic carbocycles. The lowest BCUT2D eigenvalue weighted by Gasteiger charge is -2.08. The lowest BCUT2D eigenvalue weighted by atomic mass is 10.1. The van der Waals surface area contributed by atoms with Gasteiger partial charge in [-0.1, -0.05) is 47.2 Å². The highest BCUT2D eigenvalue weighted by Crippen LogP contribution is 2.28. The maximum Gasteiger partial charge on any atom is 0.138 e. The van der Waals surface area contributed by atoms with E-state index in [2.05, 4.69) is 11.8 Å². The average Bonchev–Trinajstić information content (AvgIpc) is 2.47. The van der Waals surface area contributed by atoms with Gasteiger partial charge in [0.2, 0.25) is 0 Å². The summed E-state index contributed by atoms with van der Waals surface area (Å²) in [5, 5.41) is 9.77. The van der Waals surface area contributed by atoms with Crippen molar-refractivity contribution in [3.05, 3.63) is 63.6 Å². The van der Waals surface area contributed by atoms with Crippen molar-refractivity contribution in [2.45, 2.75) is 13.0 Å². The first kappa shape index (κ1) is 15.7. The normalized spacial score (nSPS) is 9.86. The minimum atomic E-state index is 0.0743. The van der Waals surface area contributed by atoms with Gasteiger partial charge in [-0.2, -0.15) is 0 Å². The molecular weight excluding hydrogens is 307 g/mol. The molecule has 0 heterocycles. The number of benzene rings is 2. The molecule has 0 saturated carbocycles. The third kappa shape index (κ3) is 4.99. The Bertz CT molecular complexity index is 672. The maximum atomic E-state index is 8.71. The van der Waals surface area contributed by atoms with Gasteiger partial charge in [0.05, 0.1) is 11.6 Å². The molecule has 0 unspecified atom stereocenters. The van der Waals surface area contributed by atoms with E-state index in [0.717, 1.165) is 11.1 Å². The monoisotopic (exact) mass is 320 g/mol. The summed E-state index contributed by atoms with van der Waals surface area (Å²) in [6.07, 6.45) is 0.473. The van der Waals surface area contributed by atoms with E-state index in [1.807, 2.05) is 24.3 Å². The minimum Gasteiger partial charge on any atom is -0.487 e. The largest absolute Gasteiger partial charge is 0.487 e. The van der Waals surface area contributed by atoms with Gasteiger partial charge in [0.1, 0.15) is 12.4 Å². The molecule has 0 radical (unpaired) electrons. The number of hydrogen-bond donors (Lipinski definition) is 1. The van der Waals surface area contributed by atoms with Crippen LogP contribution in [0.4, 0.5) is 0 Å². The van der Waals surface area contributed by atoms with Crippen molar-refractivity contribution >= 4 is 23.2 Å². The zero-order valence-electron chi connectivity index (χ0n) is 11.3. The van der Waals surface area contributed by atoms with E-state index in [0.29, 0.717) is 28.8 Å². The van der Waals surface area contributed by atoms with Crippen molar-refractivity contribution in [2.75, 3.05) is 6.61 Å². The molecule has 0 aliphatic rings. The molecule has 1 N–H and O–H groups in total. The van der Waals surface area contributed by atoms with Gasteiger partial charge in [-0.15, -0.1) is 0 Å². The maximum absolute atomic E-state index is 8.71. The molecule has 0 aliphatic heterocycles. The van der Waals surface area contributed by atoms with Gasteiger partial charge in [-0.3, -0.25) is 0 Å². The molecule has 0 saturated heterocycles. The van der Waals surface area contributed by atoms with E-state index in [-0.39, 0.29) is 6.61 Å². The number of aliphatic hydroxyl groups excluding tert-OH is 1. The van der Waals surface area contributed by atoms with Crippen molar-refractivity contribution in [3.8, 4) is 17.6 Å². The van der Waals surface area contributed by atoms with Crippen LogP contribution in [0.3, 0.4) is 0 Å². The van der Waals surface area contributed by atoms with E-state index in [1.54, 1.807) is 18.2 Å². The summed E-state index contributed by atoms with van der Waals surface area (Å²) in [4.78, 5) is 0. The standard InChI is InChI=1S/C17H14Cl2O2/c18-15-7-8-17(16(19)11-15)21-12-14-6-3-5-13(10-14)4-1-2-9-20/h3,5-8,10-11,20H,2,9,12H2. The van der Waals surface area contributed by atoms with Crippen LogP contribution in [-0.2, 0) is 6.61 Å². The molecule has 0 amide bonds. The number of rotatable bonds is 4. The highest BCUT2D eigenvalue weighted by Gasteiger charge is 2.03. The predicted molar refractivity (Wildman–Crippen MR) is 85.8 cm³/mol. The Morgan fingerprint density at radius 2 is 1.95 bits per heavy atom. The SMILES string of the molecule is OCCC#Cc1cccc(COc2ccc(Cl)cc2Cl)c1. The van der Waals surface area contributed by atoms with Gasteiger partial charge >= 0.3 is 0 Å². The second kappa shape index (κ2) is 7.95. The van der Waals surface area contributed by atoms with Crippen LogP contribution in [0.25, 0.3) is 0 Å². The van der Waals surface area contributed by atoms with Gasteiger partial charge in [0, 0.05) is 17.0 Å². The fourth-order valence-corrected chi connectivity index (χ4v) is 2.18. The average molecular weight is 321 g/mol. The van der Waals surface area contributed by atoms with Crippen molar-refractivity contribution in [2.24, 2.45) is 0 Å². The van der Waals surface area contributed by atoms with E-state index >= 15 is 0 Å². The molecular formula is C17H14Cl2O2.